The summed E-state index contributed by atoms with van der Waals surface area (Å²) in [7, 11) is 0. The van der Waals surface area contributed by atoms with Crippen molar-refractivity contribution in [3.63, 3.8) is 0 Å². The number of hydrogen-bond donors (Lipinski definition) is 2. The van der Waals surface area contributed by atoms with Crippen molar-refractivity contribution in [2.45, 2.75) is 46.0 Å². The van der Waals surface area contributed by atoms with Gasteiger partial charge in [-0.3, -0.25) is 9.59 Å². The van der Waals surface area contributed by atoms with Gasteiger partial charge in [0.1, 0.15) is 6.61 Å². The lowest BCUT2D eigenvalue weighted by atomic mass is 9.84. The maximum Gasteiger partial charge on any atom is 0.336 e. The van der Waals surface area contributed by atoms with E-state index in [9.17, 15) is 14.4 Å². The van der Waals surface area contributed by atoms with Gasteiger partial charge in [-0.15, -0.1) is 0 Å². The van der Waals surface area contributed by atoms with Crippen LogP contribution in [0, 0.1) is 17.2 Å². The van der Waals surface area contributed by atoms with E-state index in [1.54, 1.807) is 24.0 Å². The molecule has 194 valence electrons. The van der Waals surface area contributed by atoms with Crippen molar-refractivity contribution in [1.82, 2.24) is 15.5 Å². The molecule has 1 heterocycles. The van der Waals surface area contributed by atoms with Crippen LogP contribution in [0.15, 0.2) is 47.7 Å². The third kappa shape index (κ3) is 8.72. The zero-order valence-electron chi connectivity index (χ0n) is 21.1. The van der Waals surface area contributed by atoms with E-state index in [0.717, 1.165) is 18.5 Å². The zero-order chi connectivity index (χ0) is 26.5. The lowest BCUT2D eigenvalue weighted by Gasteiger charge is -2.24. The minimum absolute atomic E-state index is 0.0456. The van der Waals surface area contributed by atoms with E-state index in [0.29, 0.717) is 49.6 Å². The van der Waals surface area contributed by atoms with Crippen LogP contribution < -0.4 is 10.6 Å². The average Bonchev–Trinajstić information content (AvgIpc) is 3.25. The Balaban J connectivity index is 2.23. The molecule has 1 atom stereocenters. The van der Waals surface area contributed by atoms with Crippen LogP contribution in [-0.4, -0.2) is 55.5 Å². The van der Waals surface area contributed by atoms with E-state index < -0.39 is 11.9 Å². The molecule has 1 aliphatic rings. The minimum atomic E-state index is -0.683. The first-order valence-corrected chi connectivity index (χ1v) is 12.6. The number of ether oxygens (including phenoxy) is 1. The minimum Gasteiger partial charge on any atom is -0.461 e. The van der Waals surface area contributed by atoms with E-state index in [2.05, 4.69) is 17.2 Å². The molecule has 1 unspecified atom stereocenters. The van der Waals surface area contributed by atoms with Crippen molar-refractivity contribution in [3.05, 3.63) is 58.3 Å². The summed E-state index contributed by atoms with van der Waals surface area (Å²) in [6.45, 7) is 9.96. The van der Waals surface area contributed by atoms with Gasteiger partial charge in [0.05, 0.1) is 18.1 Å². The highest BCUT2D eigenvalue weighted by Gasteiger charge is 2.31. The highest BCUT2D eigenvalue weighted by Crippen LogP contribution is 2.28. The first-order valence-electron chi connectivity index (χ1n) is 12.3. The molecule has 8 nitrogen and oxygen atoms in total. The van der Waals surface area contributed by atoms with Gasteiger partial charge in [-0.1, -0.05) is 30.3 Å². The Hall–Kier alpha value is -3.31. The smallest absolute Gasteiger partial charge is 0.336 e. The van der Waals surface area contributed by atoms with Gasteiger partial charge >= 0.3 is 5.97 Å². The zero-order valence-corrected chi connectivity index (χ0v) is 21.8. The first kappa shape index (κ1) is 28.9. The van der Waals surface area contributed by atoms with Crippen LogP contribution in [0.5, 0.6) is 0 Å². The molecule has 9 heteroatoms. The quantitative estimate of drug-likeness (QED) is 0.223. The molecule has 0 aromatic heterocycles. The molecular weight excluding hydrogens is 480 g/mol. The Morgan fingerprint density at radius 1 is 1.33 bits per heavy atom. The number of nitrogens with one attached hydrogen (secondary N) is 2. The Morgan fingerprint density at radius 2 is 2.11 bits per heavy atom. The van der Waals surface area contributed by atoms with Crippen molar-refractivity contribution in [2.75, 3.05) is 32.8 Å². The number of allylic oxidation sites excluding steroid dienone is 1. The van der Waals surface area contributed by atoms with Crippen molar-refractivity contribution in [3.8, 4) is 6.07 Å². The predicted molar refractivity (Wildman–Crippen MR) is 139 cm³/mol. The van der Waals surface area contributed by atoms with Crippen LogP contribution in [0.25, 0.3) is 0 Å². The molecule has 2 N–H and O–H groups in total. The fraction of sp³-hybridized carbons (Fsp3) is 0.481. The molecule has 1 aromatic carbocycles. The van der Waals surface area contributed by atoms with Crippen LogP contribution in [0.4, 0.5) is 0 Å². The van der Waals surface area contributed by atoms with Gasteiger partial charge in [0.15, 0.2) is 0 Å². The molecule has 1 saturated heterocycles. The van der Waals surface area contributed by atoms with Crippen LogP contribution in [-0.2, 0) is 25.5 Å². The molecule has 1 aliphatic heterocycles. The van der Waals surface area contributed by atoms with Gasteiger partial charge in [0.2, 0.25) is 11.8 Å². The number of hydrogen-bond acceptors (Lipinski definition) is 6. The number of benzene rings is 1. The van der Waals surface area contributed by atoms with E-state index in [-0.39, 0.29) is 36.0 Å². The van der Waals surface area contributed by atoms with E-state index >= 15 is 0 Å². The number of nitrogens with zero attached hydrogens (tertiary/aromatic N) is 2. The lowest BCUT2D eigenvalue weighted by molar-refractivity contribution is -0.139. The summed E-state index contributed by atoms with van der Waals surface area (Å²) >= 11 is 6.18. The molecule has 0 saturated carbocycles. The number of esters is 1. The largest absolute Gasteiger partial charge is 0.461 e. The molecule has 0 radical (unpaired) electrons. The highest BCUT2D eigenvalue weighted by atomic mass is 35.5. The number of carbonyl (C=O) groups is 3. The maximum atomic E-state index is 13.1. The van der Waals surface area contributed by atoms with E-state index in [4.69, 9.17) is 21.6 Å². The Kier molecular flexibility index (Phi) is 12.0. The van der Waals surface area contributed by atoms with Crippen LogP contribution >= 0.6 is 11.6 Å². The van der Waals surface area contributed by atoms with E-state index in [1.165, 1.54) is 0 Å². The van der Waals surface area contributed by atoms with Crippen molar-refractivity contribution in [2.24, 2.45) is 5.92 Å². The highest BCUT2D eigenvalue weighted by molar-refractivity contribution is 6.30. The lowest BCUT2D eigenvalue weighted by Crippen LogP contribution is -2.34. The monoisotopic (exact) mass is 514 g/mol. The van der Waals surface area contributed by atoms with Gasteiger partial charge in [0, 0.05) is 54.8 Å². The first-order chi connectivity index (χ1) is 17.3. The fourth-order valence-corrected chi connectivity index (χ4v) is 4.38. The van der Waals surface area contributed by atoms with Gasteiger partial charge < -0.3 is 20.3 Å². The van der Waals surface area contributed by atoms with Gasteiger partial charge in [-0.05, 0) is 50.8 Å². The summed E-state index contributed by atoms with van der Waals surface area (Å²) in [6, 6.07) is 9.18. The molecule has 1 fully saturated rings. The number of rotatable bonds is 14. The summed E-state index contributed by atoms with van der Waals surface area (Å²) in [6.07, 6.45) is 2.45. The van der Waals surface area contributed by atoms with Crippen LogP contribution in [0.3, 0.4) is 0 Å². The molecular formula is C27H35ClN4O4. The average molecular weight is 515 g/mol. The number of halogens is 1. The third-order valence-corrected chi connectivity index (χ3v) is 6.20. The standard InChI is InChI=1S/C27H35ClN4O4/c1-4-30-20(3)25(27(35)36-16-7-12-29)23(18-21-9-5-10-22(28)17-21)19(2)26(34)31-13-8-15-32-14-6-11-24(32)33/h5,9-10,17,23,30H,2,4,6-8,11,13-16,18H2,1,3H3,(H,31,34)/b25-20+. The summed E-state index contributed by atoms with van der Waals surface area (Å²) in [5.74, 6) is -1.51. The maximum absolute atomic E-state index is 13.1. The van der Waals surface area contributed by atoms with Crippen LogP contribution in [0.2, 0.25) is 5.02 Å². The Morgan fingerprint density at radius 3 is 2.75 bits per heavy atom. The van der Waals surface area contributed by atoms with Gasteiger partial charge in [-0.2, -0.15) is 5.26 Å². The molecule has 0 bridgehead atoms. The second kappa shape index (κ2) is 14.9. The number of nitriles is 1. The second-order valence-electron chi connectivity index (χ2n) is 8.62. The molecule has 1 aromatic rings. The Labute approximate surface area is 218 Å². The SMILES string of the molecule is C=C(C(=O)NCCCN1CCCC1=O)C(Cc1cccc(Cl)c1)/C(C(=O)OCCC#N)=C(/C)NCC. The third-order valence-electron chi connectivity index (χ3n) is 5.96. The Bertz CT molecular complexity index is 1030. The predicted octanol–water partition coefficient (Wildman–Crippen LogP) is 3.52. The van der Waals surface area contributed by atoms with E-state index in [1.807, 2.05) is 25.1 Å². The number of amides is 2. The van der Waals surface area contributed by atoms with Crippen molar-refractivity contribution < 1.29 is 19.1 Å². The number of carbonyl (C=O) groups excluding carboxylic acids is 3. The molecule has 2 rings (SSSR count). The summed E-state index contributed by atoms with van der Waals surface area (Å²) < 4.78 is 5.35. The number of likely N-dealkylation sites (tertiary alicyclic amines) is 1. The summed E-state index contributed by atoms with van der Waals surface area (Å²) in [5, 5.41) is 15.4. The summed E-state index contributed by atoms with van der Waals surface area (Å²) in [5.41, 5.74) is 1.92. The molecule has 0 aliphatic carbocycles. The molecule has 36 heavy (non-hydrogen) atoms. The van der Waals surface area contributed by atoms with Crippen molar-refractivity contribution >= 4 is 29.4 Å². The van der Waals surface area contributed by atoms with Crippen molar-refractivity contribution in [1.29, 1.82) is 5.26 Å². The molecule has 0 spiro atoms. The normalized spacial score (nSPS) is 14.5. The fourth-order valence-electron chi connectivity index (χ4n) is 4.17. The van der Waals surface area contributed by atoms with Gasteiger partial charge in [-0.25, -0.2) is 4.79 Å². The topological polar surface area (TPSA) is 112 Å². The second-order valence-corrected chi connectivity index (χ2v) is 9.06. The summed E-state index contributed by atoms with van der Waals surface area (Å²) in [4.78, 5) is 39.8. The van der Waals surface area contributed by atoms with Crippen LogP contribution in [0.1, 0.15) is 45.1 Å². The van der Waals surface area contributed by atoms with Gasteiger partial charge in [0.25, 0.3) is 0 Å². The molecule has 2 amide bonds.